The number of hydrogen-bond acceptors (Lipinski definition) is 1. The molecule has 0 aliphatic rings. The van der Waals surface area contributed by atoms with Gasteiger partial charge in [0.15, 0.2) is 0 Å². The molecule has 88 valence electrons. The molecule has 0 saturated carbocycles. The largest absolute Gasteiger partial charge is 0.347 e. The van der Waals surface area contributed by atoms with E-state index in [1.165, 1.54) is 0 Å². The fourth-order valence-electron chi connectivity index (χ4n) is 1.28. The molecule has 1 aromatic rings. The smallest absolute Gasteiger partial charge is 0.251 e. The van der Waals surface area contributed by atoms with Crippen LogP contribution in [-0.2, 0) is 0 Å². The highest BCUT2D eigenvalue weighted by Crippen LogP contribution is 2.14. The van der Waals surface area contributed by atoms with E-state index in [1.54, 1.807) is 0 Å². The lowest BCUT2D eigenvalue weighted by molar-refractivity contribution is 0.0912. The molecular weight excluding hydrogens is 334 g/mol. The topological polar surface area (TPSA) is 29.1 Å². The standard InChI is InChI=1S/C12H15Br2NO/c1-12(2,7-8-13)15-11(16)9-3-5-10(14)6-4-9/h3-6H,7-8H2,1-2H3,(H,15,16). The van der Waals surface area contributed by atoms with Crippen molar-refractivity contribution in [3.63, 3.8) is 0 Å². The van der Waals surface area contributed by atoms with Crippen LogP contribution in [-0.4, -0.2) is 16.8 Å². The summed E-state index contributed by atoms with van der Waals surface area (Å²) in [4.78, 5) is 11.9. The Morgan fingerprint density at radius 3 is 2.38 bits per heavy atom. The SMILES string of the molecule is CC(C)(CCBr)NC(=O)c1ccc(Br)cc1. The fourth-order valence-corrected chi connectivity index (χ4v) is 2.54. The minimum Gasteiger partial charge on any atom is -0.347 e. The number of carbonyl (C=O) groups excluding carboxylic acids is 1. The number of carbonyl (C=O) groups is 1. The zero-order valence-corrected chi connectivity index (χ0v) is 12.6. The van der Waals surface area contributed by atoms with Gasteiger partial charge in [0.1, 0.15) is 0 Å². The maximum atomic E-state index is 11.9. The lowest BCUT2D eigenvalue weighted by Gasteiger charge is -2.25. The minimum absolute atomic E-state index is 0.0292. The Morgan fingerprint density at radius 2 is 1.88 bits per heavy atom. The third kappa shape index (κ3) is 4.26. The number of amides is 1. The Labute approximate surface area is 113 Å². The highest BCUT2D eigenvalue weighted by atomic mass is 79.9. The number of rotatable bonds is 4. The molecule has 0 radical (unpaired) electrons. The number of hydrogen-bond donors (Lipinski definition) is 1. The van der Waals surface area contributed by atoms with Crippen LogP contribution in [0.2, 0.25) is 0 Å². The Bertz CT molecular complexity index is 360. The first-order chi connectivity index (χ1) is 7.44. The average molecular weight is 349 g/mol. The number of benzene rings is 1. The molecule has 0 unspecified atom stereocenters. The summed E-state index contributed by atoms with van der Waals surface area (Å²) in [6.45, 7) is 4.04. The minimum atomic E-state index is -0.187. The molecule has 0 atom stereocenters. The predicted molar refractivity (Wildman–Crippen MR) is 74.1 cm³/mol. The third-order valence-electron chi connectivity index (χ3n) is 2.28. The molecule has 0 aliphatic heterocycles. The van der Waals surface area contributed by atoms with Crippen molar-refractivity contribution in [2.45, 2.75) is 25.8 Å². The van der Waals surface area contributed by atoms with Gasteiger partial charge in [0.2, 0.25) is 0 Å². The van der Waals surface area contributed by atoms with Crippen LogP contribution in [0.5, 0.6) is 0 Å². The van der Waals surface area contributed by atoms with Crippen molar-refractivity contribution < 1.29 is 4.79 Å². The van der Waals surface area contributed by atoms with Gasteiger partial charge in [-0.05, 0) is 44.5 Å². The zero-order valence-electron chi connectivity index (χ0n) is 9.39. The van der Waals surface area contributed by atoms with E-state index in [0.717, 1.165) is 16.2 Å². The average Bonchev–Trinajstić information content (AvgIpc) is 2.17. The van der Waals surface area contributed by atoms with Crippen molar-refractivity contribution in [2.24, 2.45) is 0 Å². The van der Waals surface area contributed by atoms with Crippen molar-refractivity contribution in [1.29, 1.82) is 0 Å². The third-order valence-corrected chi connectivity index (χ3v) is 3.20. The second-order valence-corrected chi connectivity index (χ2v) is 5.99. The van der Waals surface area contributed by atoms with E-state index in [4.69, 9.17) is 0 Å². The molecule has 0 heterocycles. The van der Waals surface area contributed by atoms with Crippen LogP contribution in [0.25, 0.3) is 0 Å². The maximum absolute atomic E-state index is 11.9. The highest BCUT2D eigenvalue weighted by molar-refractivity contribution is 9.10. The Hall–Kier alpha value is -0.350. The number of nitrogens with one attached hydrogen (secondary N) is 1. The van der Waals surface area contributed by atoms with Crippen molar-refractivity contribution in [2.75, 3.05) is 5.33 Å². The molecule has 1 N–H and O–H groups in total. The summed E-state index contributed by atoms with van der Waals surface area (Å²) in [7, 11) is 0. The molecule has 0 fully saturated rings. The van der Waals surface area contributed by atoms with Gasteiger partial charge >= 0.3 is 0 Å². The Kier molecular flexibility index (Phi) is 4.99. The molecule has 1 amide bonds. The molecule has 0 bridgehead atoms. The van der Waals surface area contributed by atoms with E-state index in [0.29, 0.717) is 5.56 Å². The van der Waals surface area contributed by atoms with E-state index in [1.807, 2.05) is 38.1 Å². The van der Waals surface area contributed by atoms with Crippen molar-refractivity contribution >= 4 is 37.8 Å². The van der Waals surface area contributed by atoms with E-state index >= 15 is 0 Å². The summed E-state index contributed by atoms with van der Waals surface area (Å²) in [6.07, 6.45) is 0.898. The molecule has 1 rings (SSSR count). The lowest BCUT2D eigenvalue weighted by atomic mass is 10.0. The Morgan fingerprint density at radius 1 is 1.31 bits per heavy atom. The highest BCUT2D eigenvalue weighted by Gasteiger charge is 2.20. The summed E-state index contributed by atoms with van der Waals surface area (Å²) < 4.78 is 0.976. The van der Waals surface area contributed by atoms with Gasteiger partial charge < -0.3 is 5.32 Å². The molecule has 1 aromatic carbocycles. The molecule has 0 aliphatic carbocycles. The molecule has 0 aromatic heterocycles. The summed E-state index contributed by atoms with van der Waals surface area (Å²) in [5, 5.41) is 3.88. The summed E-state index contributed by atoms with van der Waals surface area (Å²) in [5.41, 5.74) is 0.499. The second-order valence-electron chi connectivity index (χ2n) is 4.28. The van der Waals surface area contributed by atoms with Crippen molar-refractivity contribution in [3.05, 3.63) is 34.3 Å². The maximum Gasteiger partial charge on any atom is 0.251 e. The van der Waals surface area contributed by atoms with Gasteiger partial charge in [-0.3, -0.25) is 4.79 Å². The van der Waals surface area contributed by atoms with Crippen LogP contribution in [0.4, 0.5) is 0 Å². The lowest BCUT2D eigenvalue weighted by Crippen LogP contribution is -2.43. The van der Waals surface area contributed by atoms with Gasteiger partial charge in [-0.2, -0.15) is 0 Å². The van der Waals surface area contributed by atoms with Gasteiger partial charge in [0.25, 0.3) is 5.91 Å². The summed E-state index contributed by atoms with van der Waals surface area (Å²) >= 11 is 6.73. The van der Waals surface area contributed by atoms with E-state index in [2.05, 4.69) is 37.2 Å². The molecule has 0 spiro atoms. The van der Waals surface area contributed by atoms with Gasteiger partial charge in [0.05, 0.1) is 0 Å². The molecular formula is C12H15Br2NO. The van der Waals surface area contributed by atoms with Gasteiger partial charge in [0, 0.05) is 20.9 Å². The molecule has 4 heteroatoms. The van der Waals surface area contributed by atoms with E-state index in [-0.39, 0.29) is 11.4 Å². The monoisotopic (exact) mass is 347 g/mol. The predicted octanol–water partition coefficient (Wildman–Crippen LogP) is 3.74. The van der Waals surface area contributed by atoms with Crippen LogP contribution in [0.15, 0.2) is 28.7 Å². The second kappa shape index (κ2) is 5.82. The van der Waals surface area contributed by atoms with E-state index < -0.39 is 0 Å². The Balaban J connectivity index is 2.69. The van der Waals surface area contributed by atoms with Crippen molar-refractivity contribution in [3.8, 4) is 0 Å². The quantitative estimate of drug-likeness (QED) is 0.825. The van der Waals surface area contributed by atoms with Gasteiger partial charge in [-0.25, -0.2) is 0 Å². The normalized spacial score (nSPS) is 11.2. The molecule has 0 saturated heterocycles. The fraction of sp³-hybridized carbons (Fsp3) is 0.417. The van der Waals surface area contributed by atoms with Crippen LogP contribution in [0, 0.1) is 0 Å². The van der Waals surface area contributed by atoms with Crippen LogP contribution in [0.1, 0.15) is 30.6 Å². The summed E-state index contributed by atoms with van der Waals surface area (Å²) in [6, 6.07) is 7.35. The van der Waals surface area contributed by atoms with Crippen LogP contribution >= 0.6 is 31.9 Å². The molecule has 2 nitrogen and oxygen atoms in total. The number of alkyl halides is 1. The van der Waals surface area contributed by atoms with Crippen molar-refractivity contribution in [1.82, 2.24) is 5.32 Å². The van der Waals surface area contributed by atoms with E-state index in [9.17, 15) is 4.79 Å². The van der Waals surface area contributed by atoms with Crippen LogP contribution < -0.4 is 5.32 Å². The van der Waals surface area contributed by atoms with Gasteiger partial charge in [-0.15, -0.1) is 0 Å². The number of halogens is 2. The first-order valence-electron chi connectivity index (χ1n) is 5.09. The molecule has 16 heavy (non-hydrogen) atoms. The first kappa shape index (κ1) is 13.7. The zero-order chi connectivity index (χ0) is 12.2. The van der Waals surface area contributed by atoms with Gasteiger partial charge in [-0.1, -0.05) is 31.9 Å². The van der Waals surface area contributed by atoms with Crippen LogP contribution in [0.3, 0.4) is 0 Å². The first-order valence-corrected chi connectivity index (χ1v) is 7.00. The summed E-state index contributed by atoms with van der Waals surface area (Å²) in [5.74, 6) is -0.0292.